The first-order valence-corrected chi connectivity index (χ1v) is 10.4. The molecule has 2 aliphatic rings. The number of aliphatic hydroxyl groups excluding tert-OH is 1. The molecule has 0 atom stereocenters. The Morgan fingerprint density at radius 1 is 1.38 bits per heavy atom. The number of hydrogen-bond donors (Lipinski definition) is 1. The monoisotopic (exact) mass is 492 g/mol. The van der Waals surface area contributed by atoms with Gasteiger partial charge in [-0.05, 0) is 25.5 Å². The van der Waals surface area contributed by atoms with Crippen LogP contribution < -0.4 is 4.90 Å². The summed E-state index contributed by atoms with van der Waals surface area (Å²) in [6.07, 6.45) is 0.0732. The van der Waals surface area contributed by atoms with Crippen LogP contribution in [0.1, 0.15) is 35.9 Å². The Morgan fingerprint density at radius 2 is 2.09 bits per heavy atom. The van der Waals surface area contributed by atoms with Crippen LogP contribution in [0, 0.1) is 18.3 Å². The minimum atomic E-state index is -3.01. The topological polar surface area (TPSA) is 89.8 Å². The zero-order valence-electron chi connectivity index (χ0n) is 17.9. The van der Waals surface area contributed by atoms with Crippen LogP contribution in [0.3, 0.4) is 0 Å². The number of fused-ring (bicyclic) bond motifs is 1. The third kappa shape index (κ3) is 3.78. The molecule has 0 aromatic carbocycles. The zero-order valence-corrected chi connectivity index (χ0v) is 18.7. The normalized spacial score (nSPS) is 19.6. The second-order valence-electron chi connectivity index (χ2n) is 7.65. The first kappa shape index (κ1) is 23.7. The third-order valence-corrected chi connectivity index (χ3v) is 5.83. The molecular weight excluding hydrogens is 476 g/mol. The van der Waals surface area contributed by atoms with Crippen molar-refractivity contribution in [1.29, 1.82) is 5.26 Å². The van der Waals surface area contributed by atoms with Crippen molar-refractivity contribution < 1.29 is 22.7 Å². The molecule has 1 N–H and O–H groups in total. The van der Waals surface area contributed by atoms with Gasteiger partial charge in [-0.25, -0.2) is 22.5 Å². The quantitative estimate of drug-likeness (QED) is 0.626. The zero-order chi connectivity index (χ0) is 24.7. The molecule has 1 fully saturated rings. The lowest BCUT2D eigenvalue weighted by Gasteiger charge is -2.39. The van der Waals surface area contributed by atoms with Crippen molar-refractivity contribution in [3.63, 3.8) is 0 Å². The molecule has 1 aliphatic carbocycles. The maximum Gasteiger partial charge on any atom is 0.283 e. The second-order valence-corrected chi connectivity index (χ2v) is 8.06. The molecular formula is C22H17ClF4N6O. The highest BCUT2D eigenvalue weighted by molar-refractivity contribution is 6.36. The van der Waals surface area contributed by atoms with Crippen LogP contribution in [-0.4, -0.2) is 44.6 Å². The largest absolute Gasteiger partial charge is 0.389 e. The first-order chi connectivity index (χ1) is 16.2. The number of nitrogens with zero attached hydrogens (tertiary/aromatic N) is 6. The lowest BCUT2D eigenvalue weighted by Crippen LogP contribution is -2.52. The number of β-amino-alcohol motifs (C(OH)–C–C–N with tert-alkyl or cyclic N) is 1. The number of aromatic nitrogens is 3. The third-order valence-electron chi connectivity index (χ3n) is 5.54. The van der Waals surface area contributed by atoms with Crippen LogP contribution in [0.15, 0.2) is 46.1 Å². The summed E-state index contributed by atoms with van der Waals surface area (Å²) in [5.41, 5.74) is 0.0929. The predicted molar refractivity (Wildman–Crippen MR) is 119 cm³/mol. The summed E-state index contributed by atoms with van der Waals surface area (Å²) >= 11 is 5.89. The standard InChI is InChI=1S/C22H17ClF4N6O/c1-10(13-3-4-15(23)17(25)18(13)29-6-5-24)16-11(2)30-21-14(7-28)19(20(26)27)31-33(21)22(16)32-8-12(34)9-32/h3-6,12,20,34H,8-9H2,1-2H3/b6-5+,13-10+,29-18-. The number of alkyl halides is 2. The van der Waals surface area contributed by atoms with Crippen molar-refractivity contribution in [2.45, 2.75) is 26.4 Å². The number of aliphatic imine (C=N–C) groups is 1. The molecule has 0 spiro atoms. The molecule has 2 aromatic rings. The minimum absolute atomic E-state index is 0.0594. The van der Waals surface area contributed by atoms with Gasteiger partial charge in [0.2, 0.25) is 0 Å². The number of rotatable bonds is 4. The van der Waals surface area contributed by atoms with Gasteiger partial charge >= 0.3 is 0 Å². The fraction of sp³-hybridized carbons (Fsp3) is 0.273. The number of allylic oxidation sites excluding steroid dienone is 6. The average Bonchev–Trinajstić information content (AvgIpc) is 3.15. The van der Waals surface area contributed by atoms with Crippen LogP contribution in [0.5, 0.6) is 0 Å². The highest BCUT2D eigenvalue weighted by atomic mass is 35.5. The Morgan fingerprint density at radius 3 is 2.68 bits per heavy atom. The van der Waals surface area contributed by atoms with Gasteiger partial charge in [0.15, 0.2) is 11.5 Å². The fourth-order valence-electron chi connectivity index (χ4n) is 3.98. The Kier molecular flexibility index (Phi) is 6.29. The van der Waals surface area contributed by atoms with E-state index in [2.05, 4.69) is 15.1 Å². The maximum atomic E-state index is 14.8. The smallest absolute Gasteiger partial charge is 0.283 e. The van der Waals surface area contributed by atoms with Crippen molar-refractivity contribution >= 4 is 34.4 Å². The summed E-state index contributed by atoms with van der Waals surface area (Å²) in [6, 6.07) is 1.74. The Labute approximate surface area is 196 Å². The van der Waals surface area contributed by atoms with Crippen molar-refractivity contribution in [3.8, 4) is 6.07 Å². The van der Waals surface area contributed by atoms with E-state index < -0.39 is 24.1 Å². The van der Waals surface area contributed by atoms with E-state index in [0.29, 0.717) is 22.6 Å². The molecule has 0 radical (unpaired) electrons. The van der Waals surface area contributed by atoms with Gasteiger partial charge in [-0.15, -0.1) is 0 Å². The van der Waals surface area contributed by atoms with Crippen LogP contribution in [0.4, 0.5) is 23.4 Å². The van der Waals surface area contributed by atoms with E-state index >= 15 is 0 Å². The van der Waals surface area contributed by atoms with E-state index in [9.17, 15) is 27.9 Å². The van der Waals surface area contributed by atoms with Crippen LogP contribution in [0.2, 0.25) is 0 Å². The molecule has 0 bridgehead atoms. The van der Waals surface area contributed by atoms with Crippen molar-refractivity contribution in [2.24, 2.45) is 4.99 Å². The minimum Gasteiger partial charge on any atom is -0.389 e. The SMILES string of the molecule is C/C(=C1/C=CC(Cl)=C(F)/C1=N\C=C\F)c1c(C)nc2c(C#N)c(C(F)F)nn2c1N1CC(O)C1. The molecule has 1 saturated heterocycles. The predicted octanol–water partition coefficient (Wildman–Crippen LogP) is 4.67. The van der Waals surface area contributed by atoms with Gasteiger partial charge < -0.3 is 10.0 Å². The molecule has 3 heterocycles. The van der Waals surface area contributed by atoms with Gasteiger partial charge in [-0.1, -0.05) is 17.7 Å². The second kappa shape index (κ2) is 9.04. The molecule has 34 heavy (non-hydrogen) atoms. The molecule has 176 valence electrons. The molecule has 2 aromatic heterocycles. The average molecular weight is 493 g/mol. The van der Waals surface area contributed by atoms with E-state index in [-0.39, 0.29) is 46.9 Å². The summed E-state index contributed by atoms with van der Waals surface area (Å²) in [5.74, 6) is -0.564. The number of anilines is 1. The van der Waals surface area contributed by atoms with Gasteiger partial charge in [-0.2, -0.15) is 14.9 Å². The molecule has 7 nitrogen and oxygen atoms in total. The summed E-state index contributed by atoms with van der Waals surface area (Å²) in [6.45, 7) is 3.61. The summed E-state index contributed by atoms with van der Waals surface area (Å²) in [7, 11) is 0. The number of aliphatic hydroxyl groups is 1. The van der Waals surface area contributed by atoms with E-state index in [0.717, 1.165) is 10.7 Å². The molecule has 1 aliphatic heterocycles. The van der Waals surface area contributed by atoms with Gasteiger partial charge in [-0.3, -0.25) is 4.99 Å². The van der Waals surface area contributed by atoms with Crippen LogP contribution in [0.25, 0.3) is 11.2 Å². The van der Waals surface area contributed by atoms with E-state index in [1.807, 2.05) is 0 Å². The number of hydrogen-bond acceptors (Lipinski definition) is 6. The highest BCUT2D eigenvalue weighted by Crippen LogP contribution is 2.38. The van der Waals surface area contributed by atoms with E-state index in [4.69, 9.17) is 11.6 Å². The number of nitriles is 1. The fourth-order valence-corrected chi connectivity index (χ4v) is 4.14. The molecule has 4 rings (SSSR count). The lowest BCUT2D eigenvalue weighted by atomic mass is 9.93. The number of halogens is 5. The van der Waals surface area contributed by atoms with Crippen LogP contribution >= 0.6 is 11.6 Å². The van der Waals surface area contributed by atoms with Crippen molar-refractivity contribution in [1.82, 2.24) is 14.6 Å². The summed E-state index contributed by atoms with van der Waals surface area (Å²) in [4.78, 5) is 9.88. The number of aryl methyl sites for hydroxylation is 1. The molecule has 0 amide bonds. The van der Waals surface area contributed by atoms with Gasteiger partial charge in [0.1, 0.15) is 35.2 Å². The molecule has 0 saturated carbocycles. The molecule has 12 heteroatoms. The first-order valence-electron chi connectivity index (χ1n) is 10.0. The Hall–Kier alpha value is -3.49. The van der Waals surface area contributed by atoms with Crippen LogP contribution in [-0.2, 0) is 0 Å². The van der Waals surface area contributed by atoms with Gasteiger partial charge in [0.05, 0.1) is 23.0 Å². The highest BCUT2D eigenvalue weighted by Gasteiger charge is 2.34. The molecule has 0 unspecified atom stereocenters. The summed E-state index contributed by atoms with van der Waals surface area (Å²) < 4.78 is 55.8. The van der Waals surface area contributed by atoms with Gasteiger partial charge in [0.25, 0.3) is 6.43 Å². The van der Waals surface area contributed by atoms with E-state index in [1.165, 1.54) is 12.2 Å². The maximum absolute atomic E-state index is 14.8. The Balaban J connectivity index is 2.06. The van der Waals surface area contributed by atoms with E-state index in [1.54, 1.807) is 24.8 Å². The van der Waals surface area contributed by atoms with Crippen molar-refractivity contribution in [3.05, 3.63) is 63.6 Å². The summed E-state index contributed by atoms with van der Waals surface area (Å²) in [5, 5.41) is 23.1. The van der Waals surface area contributed by atoms with Gasteiger partial charge in [0, 0.05) is 24.2 Å². The lowest BCUT2D eigenvalue weighted by molar-refractivity contribution is 0.139. The van der Waals surface area contributed by atoms with Crippen molar-refractivity contribution in [2.75, 3.05) is 18.0 Å². The Bertz CT molecular complexity index is 1380.